The molecule has 8 heteroatoms. The molecule has 3 aromatic rings. The van der Waals surface area contributed by atoms with E-state index in [-0.39, 0.29) is 0 Å². The summed E-state index contributed by atoms with van der Waals surface area (Å²) in [6, 6.07) is 7.80. The Morgan fingerprint density at radius 2 is 2.19 bits per heavy atom. The SMILES string of the molecule is C[C@@H](Sc1nnc(-c2sc3ccccc3c2Cl)o1)C(N)=O. The Bertz CT molecular complexity index is 815. The van der Waals surface area contributed by atoms with E-state index < -0.39 is 11.2 Å². The minimum absolute atomic E-state index is 0.296. The Morgan fingerprint density at radius 1 is 1.43 bits per heavy atom. The lowest BCUT2D eigenvalue weighted by molar-refractivity contribution is -0.117. The van der Waals surface area contributed by atoms with Crippen molar-refractivity contribution in [3.05, 3.63) is 29.3 Å². The maximum atomic E-state index is 11.0. The van der Waals surface area contributed by atoms with Crippen LogP contribution in [0.25, 0.3) is 20.9 Å². The van der Waals surface area contributed by atoms with Crippen molar-refractivity contribution in [1.29, 1.82) is 0 Å². The van der Waals surface area contributed by atoms with Gasteiger partial charge in [-0.2, -0.15) is 0 Å². The van der Waals surface area contributed by atoms with Gasteiger partial charge in [0.05, 0.1) is 10.3 Å². The molecule has 0 aliphatic carbocycles. The number of benzene rings is 1. The van der Waals surface area contributed by atoms with Crippen molar-refractivity contribution >= 4 is 50.7 Å². The van der Waals surface area contributed by atoms with Crippen LogP contribution in [-0.2, 0) is 4.79 Å². The molecule has 0 unspecified atom stereocenters. The number of nitrogens with zero attached hydrogens (tertiary/aromatic N) is 2. The van der Waals surface area contributed by atoms with Crippen molar-refractivity contribution in [3.8, 4) is 10.8 Å². The number of thioether (sulfide) groups is 1. The highest BCUT2D eigenvalue weighted by atomic mass is 35.5. The first-order chi connectivity index (χ1) is 10.1. The van der Waals surface area contributed by atoms with E-state index in [0.717, 1.165) is 26.7 Å². The fraction of sp³-hybridized carbons (Fsp3) is 0.154. The topological polar surface area (TPSA) is 82.0 Å². The maximum absolute atomic E-state index is 11.0. The Balaban J connectivity index is 1.95. The summed E-state index contributed by atoms with van der Waals surface area (Å²) in [6.07, 6.45) is 0. The van der Waals surface area contributed by atoms with Gasteiger partial charge in [-0.15, -0.1) is 21.5 Å². The standard InChI is InChI=1S/C13H10ClN3O2S2/c1-6(11(15)18)20-13-17-16-12(19-13)10-9(14)7-4-2-3-5-8(7)21-10/h2-6H,1H3,(H2,15,18)/t6-/m1/s1. The number of hydrogen-bond acceptors (Lipinski definition) is 6. The van der Waals surface area contributed by atoms with Crippen molar-refractivity contribution < 1.29 is 9.21 Å². The number of carbonyl (C=O) groups excluding carboxylic acids is 1. The molecule has 0 fully saturated rings. The fourth-order valence-electron chi connectivity index (χ4n) is 1.71. The first-order valence-electron chi connectivity index (χ1n) is 6.03. The normalized spacial score (nSPS) is 12.7. The lowest BCUT2D eigenvalue weighted by Gasteiger charge is -2.00. The lowest BCUT2D eigenvalue weighted by Crippen LogP contribution is -2.22. The predicted octanol–water partition coefficient (Wildman–Crippen LogP) is 3.57. The Hall–Kier alpha value is -1.57. The molecule has 0 aliphatic rings. The molecule has 1 atom stereocenters. The van der Waals surface area contributed by atoms with Crippen molar-refractivity contribution in [2.24, 2.45) is 5.73 Å². The van der Waals surface area contributed by atoms with Crippen LogP contribution in [0.2, 0.25) is 5.02 Å². The summed E-state index contributed by atoms with van der Waals surface area (Å²) in [5.41, 5.74) is 5.21. The molecule has 0 spiro atoms. The first-order valence-corrected chi connectivity index (χ1v) is 8.10. The molecule has 2 aromatic heterocycles. The maximum Gasteiger partial charge on any atom is 0.277 e. The summed E-state index contributed by atoms with van der Waals surface area (Å²) < 4.78 is 6.61. The van der Waals surface area contributed by atoms with Crippen LogP contribution in [-0.4, -0.2) is 21.4 Å². The van der Waals surface area contributed by atoms with Gasteiger partial charge in [0, 0.05) is 10.1 Å². The van der Waals surface area contributed by atoms with E-state index in [1.807, 2.05) is 24.3 Å². The molecule has 5 nitrogen and oxygen atoms in total. The number of primary amides is 1. The van der Waals surface area contributed by atoms with Gasteiger partial charge >= 0.3 is 0 Å². The highest BCUT2D eigenvalue weighted by molar-refractivity contribution is 8.00. The van der Waals surface area contributed by atoms with Gasteiger partial charge in [-0.25, -0.2) is 0 Å². The monoisotopic (exact) mass is 339 g/mol. The van der Waals surface area contributed by atoms with E-state index >= 15 is 0 Å². The van der Waals surface area contributed by atoms with E-state index in [2.05, 4.69) is 10.2 Å². The van der Waals surface area contributed by atoms with Gasteiger partial charge in [0.2, 0.25) is 5.91 Å². The number of carbonyl (C=O) groups is 1. The van der Waals surface area contributed by atoms with Gasteiger partial charge in [0.1, 0.15) is 4.88 Å². The molecule has 0 aliphatic heterocycles. The number of nitrogens with two attached hydrogens (primary N) is 1. The smallest absolute Gasteiger partial charge is 0.277 e. The van der Waals surface area contributed by atoms with E-state index in [0.29, 0.717) is 16.1 Å². The number of thiophene rings is 1. The molecule has 2 N–H and O–H groups in total. The van der Waals surface area contributed by atoms with E-state index in [4.69, 9.17) is 21.8 Å². The van der Waals surface area contributed by atoms with Crippen LogP contribution in [0.15, 0.2) is 33.9 Å². The van der Waals surface area contributed by atoms with E-state index in [9.17, 15) is 4.79 Å². The van der Waals surface area contributed by atoms with Gasteiger partial charge in [-0.3, -0.25) is 4.79 Å². The number of amides is 1. The molecule has 1 amide bonds. The average molecular weight is 340 g/mol. The molecule has 1 aromatic carbocycles. The zero-order chi connectivity index (χ0) is 15.0. The number of hydrogen-bond donors (Lipinski definition) is 1. The summed E-state index contributed by atoms with van der Waals surface area (Å²) in [4.78, 5) is 11.8. The van der Waals surface area contributed by atoms with E-state index in [1.165, 1.54) is 11.3 Å². The van der Waals surface area contributed by atoms with Gasteiger partial charge < -0.3 is 10.2 Å². The predicted molar refractivity (Wildman–Crippen MR) is 84.6 cm³/mol. The van der Waals surface area contributed by atoms with Gasteiger partial charge in [0.15, 0.2) is 0 Å². The van der Waals surface area contributed by atoms with Gasteiger partial charge in [0.25, 0.3) is 11.1 Å². The van der Waals surface area contributed by atoms with Gasteiger partial charge in [-0.05, 0) is 13.0 Å². The summed E-state index contributed by atoms with van der Waals surface area (Å²) in [6.45, 7) is 1.68. The second-order valence-corrected chi connectivity index (χ2v) is 7.00. The van der Waals surface area contributed by atoms with Gasteiger partial charge in [-0.1, -0.05) is 41.6 Å². The summed E-state index contributed by atoms with van der Waals surface area (Å²) in [7, 11) is 0. The third kappa shape index (κ3) is 2.76. The number of halogens is 1. The van der Waals surface area contributed by atoms with Crippen LogP contribution in [0.3, 0.4) is 0 Å². The van der Waals surface area contributed by atoms with Crippen LogP contribution in [0.1, 0.15) is 6.92 Å². The Morgan fingerprint density at radius 3 is 2.90 bits per heavy atom. The first kappa shape index (κ1) is 14.4. The van der Waals surface area contributed by atoms with Crippen LogP contribution in [0, 0.1) is 0 Å². The largest absolute Gasteiger partial charge is 0.410 e. The third-order valence-corrected chi connectivity index (χ3v) is 5.43. The molecule has 0 saturated heterocycles. The van der Waals surface area contributed by atoms with Crippen molar-refractivity contribution in [2.75, 3.05) is 0 Å². The quantitative estimate of drug-likeness (QED) is 0.735. The molecular formula is C13H10ClN3O2S2. The van der Waals surface area contributed by atoms with Crippen LogP contribution in [0.4, 0.5) is 0 Å². The minimum atomic E-state index is -0.434. The number of fused-ring (bicyclic) bond motifs is 1. The number of aromatic nitrogens is 2. The Labute approximate surface area is 133 Å². The molecule has 0 bridgehead atoms. The molecular weight excluding hydrogens is 330 g/mol. The molecule has 3 rings (SSSR count). The second kappa shape index (κ2) is 5.67. The van der Waals surface area contributed by atoms with E-state index in [1.54, 1.807) is 6.92 Å². The summed E-state index contributed by atoms with van der Waals surface area (Å²) >= 11 is 8.97. The van der Waals surface area contributed by atoms with Crippen LogP contribution in [0.5, 0.6) is 0 Å². The van der Waals surface area contributed by atoms with Crippen molar-refractivity contribution in [1.82, 2.24) is 10.2 Å². The zero-order valence-electron chi connectivity index (χ0n) is 10.9. The molecule has 0 saturated carbocycles. The van der Waals surface area contributed by atoms with Crippen LogP contribution < -0.4 is 5.73 Å². The average Bonchev–Trinajstić information content (AvgIpc) is 3.04. The second-order valence-electron chi connectivity index (χ2n) is 4.28. The number of rotatable bonds is 4. The molecule has 0 radical (unpaired) electrons. The molecule has 2 heterocycles. The molecule has 21 heavy (non-hydrogen) atoms. The lowest BCUT2D eigenvalue weighted by atomic mass is 10.2. The molecule has 108 valence electrons. The fourth-order valence-corrected chi connectivity index (χ4v) is 3.78. The highest BCUT2D eigenvalue weighted by Crippen LogP contribution is 2.41. The van der Waals surface area contributed by atoms with Crippen molar-refractivity contribution in [3.63, 3.8) is 0 Å². The third-order valence-electron chi connectivity index (χ3n) is 2.81. The summed E-state index contributed by atoms with van der Waals surface area (Å²) in [5, 5.41) is 9.32. The Kier molecular flexibility index (Phi) is 3.88. The van der Waals surface area contributed by atoms with Crippen molar-refractivity contribution in [2.45, 2.75) is 17.4 Å². The minimum Gasteiger partial charge on any atom is -0.410 e. The zero-order valence-corrected chi connectivity index (χ0v) is 13.3. The summed E-state index contributed by atoms with van der Waals surface area (Å²) in [5.74, 6) is -0.0833. The van der Waals surface area contributed by atoms with Crippen LogP contribution >= 0.6 is 34.7 Å². The highest BCUT2D eigenvalue weighted by Gasteiger charge is 2.20.